The summed E-state index contributed by atoms with van der Waals surface area (Å²) in [4.78, 5) is 4.63. The molecule has 6 nitrogen and oxygen atoms in total. The summed E-state index contributed by atoms with van der Waals surface area (Å²) in [6, 6.07) is 11.9. The fourth-order valence-electron chi connectivity index (χ4n) is 2.89. The van der Waals surface area contributed by atoms with Gasteiger partial charge in [0.1, 0.15) is 18.1 Å². The van der Waals surface area contributed by atoms with E-state index in [1.807, 2.05) is 35.0 Å². The molecule has 6 heteroatoms. The van der Waals surface area contributed by atoms with Crippen molar-refractivity contribution in [1.29, 1.82) is 0 Å². The van der Waals surface area contributed by atoms with E-state index in [9.17, 15) is 0 Å². The lowest BCUT2D eigenvalue weighted by molar-refractivity contribution is 0.295. The molecule has 0 atom stereocenters. The van der Waals surface area contributed by atoms with Crippen LogP contribution < -0.4 is 4.74 Å². The lowest BCUT2D eigenvalue weighted by Crippen LogP contribution is -2.02. The number of benzene rings is 1. The predicted octanol–water partition coefficient (Wildman–Crippen LogP) is 2.69. The fourth-order valence-corrected chi connectivity index (χ4v) is 2.89. The van der Waals surface area contributed by atoms with E-state index in [1.54, 1.807) is 0 Å². The second kappa shape index (κ2) is 5.87. The van der Waals surface area contributed by atoms with Gasteiger partial charge in [-0.05, 0) is 38.0 Å². The van der Waals surface area contributed by atoms with Crippen molar-refractivity contribution in [3.63, 3.8) is 0 Å². The Hall–Kier alpha value is -2.63. The van der Waals surface area contributed by atoms with Crippen LogP contribution in [0.3, 0.4) is 0 Å². The van der Waals surface area contributed by atoms with E-state index < -0.39 is 0 Å². The Labute approximate surface area is 134 Å². The summed E-state index contributed by atoms with van der Waals surface area (Å²) in [6.07, 6.45) is 2.27. The first-order chi connectivity index (χ1) is 11.3. The summed E-state index contributed by atoms with van der Waals surface area (Å²) in [6.45, 7) is 4.18. The molecule has 0 saturated carbocycles. The van der Waals surface area contributed by atoms with Crippen LogP contribution in [0.25, 0.3) is 11.5 Å². The van der Waals surface area contributed by atoms with Crippen LogP contribution in [0.1, 0.15) is 24.9 Å². The van der Waals surface area contributed by atoms with Crippen molar-refractivity contribution in [2.45, 2.75) is 39.5 Å². The number of hydrogen-bond donors (Lipinski definition) is 0. The highest BCUT2D eigenvalue weighted by molar-refractivity contribution is 5.50. The van der Waals surface area contributed by atoms with Gasteiger partial charge in [0.05, 0.1) is 0 Å². The topological polar surface area (TPSA) is 57.8 Å². The zero-order valence-corrected chi connectivity index (χ0v) is 13.1. The molecule has 0 aliphatic carbocycles. The van der Waals surface area contributed by atoms with Crippen molar-refractivity contribution >= 4 is 0 Å². The van der Waals surface area contributed by atoms with Crippen LogP contribution in [-0.2, 0) is 26.1 Å². The van der Waals surface area contributed by atoms with Crippen LogP contribution in [-0.4, -0.2) is 24.5 Å². The van der Waals surface area contributed by atoms with Gasteiger partial charge in [-0.15, -0.1) is 0 Å². The van der Waals surface area contributed by atoms with Crippen LogP contribution in [0, 0.1) is 0 Å². The van der Waals surface area contributed by atoms with Gasteiger partial charge in [0, 0.05) is 18.8 Å². The molecule has 3 aromatic rings. The molecule has 0 radical (unpaired) electrons. The van der Waals surface area contributed by atoms with Crippen molar-refractivity contribution in [1.82, 2.24) is 24.5 Å². The summed E-state index contributed by atoms with van der Waals surface area (Å²) >= 11 is 0. The van der Waals surface area contributed by atoms with E-state index in [-0.39, 0.29) is 0 Å². The van der Waals surface area contributed by atoms with Gasteiger partial charge in [0.25, 0.3) is 0 Å². The largest absolute Gasteiger partial charge is 0.486 e. The Morgan fingerprint density at radius 2 is 2.04 bits per heavy atom. The minimum absolute atomic E-state index is 0.359. The van der Waals surface area contributed by atoms with Crippen molar-refractivity contribution in [3.05, 3.63) is 47.9 Å². The molecular formula is C17H19N5O. The summed E-state index contributed by atoms with van der Waals surface area (Å²) in [7, 11) is 0. The van der Waals surface area contributed by atoms with Gasteiger partial charge in [-0.25, -0.2) is 9.67 Å². The molecule has 3 heterocycles. The zero-order chi connectivity index (χ0) is 15.6. The number of rotatable bonds is 5. The molecule has 2 aromatic heterocycles. The quantitative estimate of drug-likeness (QED) is 0.727. The SMILES string of the molecule is CCn1nc(COc2ccccc2)nc1-c1cc2n(n1)CCC2. The maximum Gasteiger partial charge on any atom is 0.188 e. The van der Waals surface area contributed by atoms with Gasteiger partial charge in [-0.3, -0.25) is 4.68 Å². The average molecular weight is 309 g/mol. The first kappa shape index (κ1) is 14.0. The smallest absolute Gasteiger partial charge is 0.188 e. The third-order valence-electron chi connectivity index (χ3n) is 4.02. The third kappa shape index (κ3) is 2.72. The van der Waals surface area contributed by atoms with E-state index in [4.69, 9.17) is 4.74 Å². The second-order valence-electron chi connectivity index (χ2n) is 5.62. The van der Waals surface area contributed by atoms with E-state index in [0.29, 0.717) is 12.4 Å². The van der Waals surface area contributed by atoms with Crippen molar-refractivity contribution in [3.8, 4) is 17.3 Å². The van der Waals surface area contributed by atoms with Crippen LogP contribution >= 0.6 is 0 Å². The molecule has 0 bridgehead atoms. The molecule has 0 saturated heterocycles. The molecule has 0 unspecified atom stereocenters. The van der Waals surface area contributed by atoms with Crippen LogP contribution in [0.4, 0.5) is 0 Å². The fraction of sp³-hybridized carbons (Fsp3) is 0.353. The molecule has 4 rings (SSSR count). The first-order valence-electron chi connectivity index (χ1n) is 8.02. The maximum absolute atomic E-state index is 5.74. The average Bonchev–Trinajstić information content (AvgIpc) is 3.27. The molecule has 1 aromatic carbocycles. The first-order valence-corrected chi connectivity index (χ1v) is 8.02. The zero-order valence-electron chi connectivity index (χ0n) is 13.1. The minimum atomic E-state index is 0.359. The van der Waals surface area contributed by atoms with Crippen molar-refractivity contribution in [2.24, 2.45) is 0 Å². The number of fused-ring (bicyclic) bond motifs is 1. The number of aryl methyl sites for hydroxylation is 3. The molecule has 1 aliphatic rings. The summed E-state index contributed by atoms with van der Waals surface area (Å²) < 4.78 is 9.70. The van der Waals surface area contributed by atoms with Crippen LogP contribution in [0.15, 0.2) is 36.4 Å². The van der Waals surface area contributed by atoms with Gasteiger partial charge in [0.15, 0.2) is 11.6 Å². The third-order valence-corrected chi connectivity index (χ3v) is 4.02. The van der Waals surface area contributed by atoms with Gasteiger partial charge in [0.2, 0.25) is 0 Å². The number of para-hydroxylation sites is 1. The summed E-state index contributed by atoms with van der Waals surface area (Å²) in [5.74, 6) is 2.32. The van der Waals surface area contributed by atoms with E-state index in [2.05, 4.69) is 32.9 Å². The van der Waals surface area contributed by atoms with Crippen molar-refractivity contribution in [2.75, 3.05) is 0 Å². The summed E-state index contributed by atoms with van der Waals surface area (Å²) in [5, 5.41) is 9.19. The molecule has 0 amide bonds. The Bertz CT molecular complexity index is 784. The standard InChI is InChI=1S/C17H19N5O/c1-2-21-17(15-11-13-7-6-10-22(13)19-15)18-16(20-21)12-23-14-8-4-3-5-9-14/h3-5,8-9,11H,2,6-7,10,12H2,1H3. The van der Waals surface area contributed by atoms with E-state index >= 15 is 0 Å². The Morgan fingerprint density at radius 1 is 1.17 bits per heavy atom. The second-order valence-corrected chi connectivity index (χ2v) is 5.62. The number of aromatic nitrogens is 5. The van der Waals surface area contributed by atoms with Crippen LogP contribution in [0.2, 0.25) is 0 Å². The molecule has 0 N–H and O–H groups in total. The van der Waals surface area contributed by atoms with E-state index in [1.165, 1.54) is 12.1 Å². The highest BCUT2D eigenvalue weighted by Gasteiger charge is 2.19. The number of ether oxygens (including phenoxy) is 1. The molecule has 0 fully saturated rings. The highest BCUT2D eigenvalue weighted by Crippen LogP contribution is 2.22. The molecule has 1 aliphatic heterocycles. The number of nitrogens with zero attached hydrogens (tertiary/aromatic N) is 5. The van der Waals surface area contributed by atoms with Gasteiger partial charge in [-0.1, -0.05) is 18.2 Å². The number of hydrogen-bond acceptors (Lipinski definition) is 4. The van der Waals surface area contributed by atoms with Crippen LogP contribution in [0.5, 0.6) is 5.75 Å². The summed E-state index contributed by atoms with van der Waals surface area (Å²) in [5.41, 5.74) is 2.19. The van der Waals surface area contributed by atoms with Gasteiger partial charge in [-0.2, -0.15) is 10.2 Å². The van der Waals surface area contributed by atoms with Crippen molar-refractivity contribution < 1.29 is 4.74 Å². The Kier molecular flexibility index (Phi) is 3.57. The minimum Gasteiger partial charge on any atom is -0.486 e. The van der Waals surface area contributed by atoms with E-state index in [0.717, 1.165) is 36.8 Å². The Balaban J connectivity index is 1.56. The lowest BCUT2D eigenvalue weighted by atomic mass is 10.2. The Morgan fingerprint density at radius 3 is 2.83 bits per heavy atom. The van der Waals surface area contributed by atoms with Gasteiger partial charge < -0.3 is 4.74 Å². The monoisotopic (exact) mass is 309 g/mol. The molecule has 118 valence electrons. The predicted molar refractivity (Wildman–Crippen MR) is 86.0 cm³/mol. The lowest BCUT2D eigenvalue weighted by Gasteiger charge is -2.01. The molecular weight excluding hydrogens is 290 g/mol. The highest BCUT2D eigenvalue weighted by atomic mass is 16.5. The molecule has 0 spiro atoms. The normalized spacial score (nSPS) is 13.3. The van der Waals surface area contributed by atoms with Gasteiger partial charge >= 0.3 is 0 Å². The maximum atomic E-state index is 5.74. The molecule has 23 heavy (non-hydrogen) atoms.